The Morgan fingerprint density at radius 3 is 2.95 bits per heavy atom. The van der Waals surface area contributed by atoms with E-state index in [1.807, 2.05) is 0 Å². The fourth-order valence-corrected chi connectivity index (χ4v) is 2.34. The van der Waals surface area contributed by atoms with Crippen molar-refractivity contribution in [3.05, 3.63) is 35.1 Å². The van der Waals surface area contributed by atoms with Crippen molar-refractivity contribution in [1.82, 2.24) is 4.90 Å². The summed E-state index contributed by atoms with van der Waals surface area (Å²) in [7, 11) is 0. The first-order valence-electron chi connectivity index (χ1n) is 6.98. The van der Waals surface area contributed by atoms with Crippen molar-refractivity contribution in [2.24, 2.45) is 0 Å². The van der Waals surface area contributed by atoms with Gasteiger partial charge in [-0.2, -0.15) is 0 Å². The van der Waals surface area contributed by atoms with E-state index in [9.17, 15) is 9.50 Å². The number of morpholine rings is 1. The Bertz CT molecular complexity index is 538. The van der Waals surface area contributed by atoms with E-state index in [1.165, 1.54) is 6.07 Å². The molecule has 1 aliphatic rings. The van der Waals surface area contributed by atoms with Gasteiger partial charge < -0.3 is 14.9 Å². The zero-order valence-electron chi connectivity index (χ0n) is 12.1. The first-order valence-corrected chi connectivity index (χ1v) is 6.98. The van der Waals surface area contributed by atoms with Gasteiger partial charge in [-0.15, -0.1) is 0 Å². The summed E-state index contributed by atoms with van der Waals surface area (Å²) < 4.78 is 19.1. The van der Waals surface area contributed by atoms with Gasteiger partial charge in [0, 0.05) is 19.1 Å². The van der Waals surface area contributed by atoms with Gasteiger partial charge in [-0.25, -0.2) is 4.39 Å². The van der Waals surface area contributed by atoms with Crippen LogP contribution in [0.15, 0.2) is 18.2 Å². The van der Waals surface area contributed by atoms with Crippen LogP contribution in [-0.4, -0.2) is 53.6 Å². The molecule has 1 fully saturated rings. The van der Waals surface area contributed by atoms with Crippen LogP contribution < -0.4 is 0 Å². The first kappa shape index (κ1) is 15.9. The van der Waals surface area contributed by atoms with Gasteiger partial charge in [0.25, 0.3) is 0 Å². The fraction of sp³-hybridized carbons (Fsp3) is 0.500. The van der Waals surface area contributed by atoms with E-state index in [0.717, 1.165) is 5.56 Å². The molecule has 114 valence electrons. The average molecular weight is 293 g/mol. The highest BCUT2D eigenvalue weighted by atomic mass is 19.1. The normalized spacial score (nSPS) is 22.7. The molecule has 0 amide bonds. The van der Waals surface area contributed by atoms with Crippen LogP contribution in [0.25, 0.3) is 0 Å². The van der Waals surface area contributed by atoms with E-state index in [-0.39, 0.29) is 31.2 Å². The summed E-state index contributed by atoms with van der Waals surface area (Å²) in [5.74, 6) is 4.69. The van der Waals surface area contributed by atoms with Gasteiger partial charge in [0.1, 0.15) is 12.4 Å². The molecule has 1 saturated heterocycles. The molecule has 2 atom stereocenters. The van der Waals surface area contributed by atoms with Crippen LogP contribution in [0.5, 0.6) is 0 Å². The molecule has 0 saturated carbocycles. The number of rotatable bonds is 3. The zero-order valence-corrected chi connectivity index (χ0v) is 12.1. The van der Waals surface area contributed by atoms with E-state index < -0.39 is 0 Å². The average Bonchev–Trinajstić information content (AvgIpc) is 2.50. The van der Waals surface area contributed by atoms with Crippen molar-refractivity contribution < 1.29 is 19.3 Å². The van der Waals surface area contributed by atoms with Crippen LogP contribution in [0, 0.1) is 17.7 Å². The number of hydrogen-bond donors (Lipinski definition) is 2. The van der Waals surface area contributed by atoms with Crippen molar-refractivity contribution in [3.8, 4) is 11.8 Å². The minimum Gasteiger partial charge on any atom is -0.394 e. The fourth-order valence-electron chi connectivity index (χ4n) is 2.34. The number of aliphatic hydroxyl groups is 2. The predicted octanol–water partition coefficient (Wildman–Crippen LogP) is 0.751. The van der Waals surface area contributed by atoms with Crippen molar-refractivity contribution in [2.75, 3.05) is 26.4 Å². The molecule has 5 heteroatoms. The van der Waals surface area contributed by atoms with Gasteiger partial charge in [0.2, 0.25) is 0 Å². The van der Waals surface area contributed by atoms with Crippen LogP contribution in [0.3, 0.4) is 0 Å². The third-order valence-electron chi connectivity index (χ3n) is 3.56. The number of hydrogen-bond acceptors (Lipinski definition) is 4. The van der Waals surface area contributed by atoms with Crippen LogP contribution >= 0.6 is 0 Å². The highest BCUT2D eigenvalue weighted by molar-refractivity contribution is 5.38. The van der Waals surface area contributed by atoms with E-state index in [0.29, 0.717) is 25.3 Å². The van der Waals surface area contributed by atoms with E-state index in [2.05, 4.69) is 23.7 Å². The summed E-state index contributed by atoms with van der Waals surface area (Å²) in [6, 6.07) is 5.07. The second-order valence-electron chi connectivity index (χ2n) is 5.19. The minimum atomic E-state index is -0.386. The third kappa shape index (κ3) is 4.26. The third-order valence-corrected chi connectivity index (χ3v) is 3.56. The Kier molecular flexibility index (Phi) is 5.71. The van der Waals surface area contributed by atoms with Crippen molar-refractivity contribution in [3.63, 3.8) is 0 Å². The van der Waals surface area contributed by atoms with E-state index in [4.69, 9.17) is 9.84 Å². The minimum absolute atomic E-state index is 0.000136. The second-order valence-corrected chi connectivity index (χ2v) is 5.19. The number of aliphatic hydroxyl groups excluding tert-OH is 2. The molecule has 1 aliphatic heterocycles. The van der Waals surface area contributed by atoms with Crippen LogP contribution in [-0.2, 0) is 11.3 Å². The highest BCUT2D eigenvalue weighted by Crippen LogP contribution is 2.17. The largest absolute Gasteiger partial charge is 0.394 e. The van der Waals surface area contributed by atoms with Crippen molar-refractivity contribution >= 4 is 0 Å². The molecule has 2 rings (SSSR count). The Morgan fingerprint density at radius 1 is 1.43 bits per heavy atom. The molecule has 1 aromatic rings. The lowest BCUT2D eigenvalue weighted by molar-refractivity contribution is -0.0805. The molecule has 1 heterocycles. The van der Waals surface area contributed by atoms with Crippen LogP contribution in [0.2, 0.25) is 0 Å². The smallest absolute Gasteiger partial charge is 0.138 e. The van der Waals surface area contributed by atoms with Gasteiger partial charge >= 0.3 is 0 Å². The molecular weight excluding hydrogens is 273 g/mol. The number of benzene rings is 1. The summed E-state index contributed by atoms with van der Waals surface area (Å²) >= 11 is 0. The number of halogens is 1. The van der Waals surface area contributed by atoms with Gasteiger partial charge in [-0.1, -0.05) is 17.9 Å². The Balaban J connectivity index is 2.11. The standard InChI is InChI=1S/C16H20FNO3/c1-12-11-21-15(10-20)9-18(12)8-13-4-5-16(17)14(7-13)3-2-6-19/h4-5,7,12,15,19-20H,6,8-11H2,1H3. The molecule has 0 radical (unpaired) electrons. The lowest BCUT2D eigenvalue weighted by Crippen LogP contribution is -2.48. The maximum absolute atomic E-state index is 13.6. The van der Waals surface area contributed by atoms with E-state index in [1.54, 1.807) is 12.1 Å². The highest BCUT2D eigenvalue weighted by Gasteiger charge is 2.25. The summed E-state index contributed by atoms with van der Waals surface area (Å²) in [6.45, 7) is 3.64. The lowest BCUT2D eigenvalue weighted by atomic mass is 10.1. The molecule has 0 bridgehead atoms. The van der Waals surface area contributed by atoms with Gasteiger partial charge in [0.05, 0.1) is 24.9 Å². The Hall–Kier alpha value is -1.45. The van der Waals surface area contributed by atoms with Gasteiger partial charge in [0.15, 0.2) is 0 Å². The van der Waals surface area contributed by atoms with Crippen LogP contribution in [0.1, 0.15) is 18.1 Å². The molecule has 0 aromatic heterocycles. The van der Waals surface area contributed by atoms with Crippen molar-refractivity contribution in [2.45, 2.75) is 25.6 Å². The maximum Gasteiger partial charge on any atom is 0.138 e. The summed E-state index contributed by atoms with van der Waals surface area (Å²) in [5.41, 5.74) is 1.24. The maximum atomic E-state index is 13.6. The Labute approximate surface area is 124 Å². The molecular formula is C16H20FNO3. The van der Waals surface area contributed by atoms with E-state index >= 15 is 0 Å². The second kappa shape index (κ2) is 7.53. The summed E-state index contributed by atoms with van der Waals surface area (Å²) in [5, 5.41) is 17.9. The van der Waals surface area contributed by atoms with Crippen molar-refractivity contribution in [1.29, 1.82) is 0 Å². The zero-order chi connectivity index (χ0) is 15.2. The Morgan fingerprint density at radius 2 is 2.24 bits per heavy atom. The monoisotopic (exact) mass is 293 g/mol. The lowest BCUT2D eigenvalue weighted by Gasteiger charge is -2.37. The molecule has 2 unspecified atom stereocenters. The number of ether oxygens (including phenoxy) is 1. The van der Waals surface area contributed by atoms with Crippen LogP contribution in [0.4, 0.5) is 4.39 Å². The topological polar surface area (TPSA) is 52.9 Å². The molecule has 21 heavy (non-hydrogen) atoms. The molecule has 2 N–H and O–H groups in total. The molecule has 0 spiro atoms. The predicted molar refractivity (Wildman–Crippen MR) is 77.1 cm³/mol. The quantitative estimate of drug-likeness (QED) is 0.808. The SMILES string of the molecule is CC1COC(CO)CN1Cc1ccc(F)c(C#CCO)c1. The summed E-state index contributed by atoms with van der Waals surface area (Å²) in [4.78, 5) is 2.20. The summed E-state index contributed by atoms with van der Waals surface area (Å²) in [6.07, 6.45) is -0.171. The molecule has 0 aliphatic carbocycles. The molecule has 4 nitrogen and oxygen atoms in total. The van der Waals surface area contributed by atoms with Gasteiger partial charge in [-0.05, 0) is 24.6 Å². The first-order chi connectivity index (χ1) is 10.1. The molecule has 1 aromatic carbocycles. The van der Waals surface area contributed by atoms with Gasteiger partial charge in [-0.3, -0.25) is 4.90 Å². The number of nitrogens with zero attached hydrogens (tertiary/aromatic N) is 1.